The van der Waals surface area contributed by atoms with Crippen molar-refractivity contribution in [2.75, 3.05) is 0 Å². The third kappa shape index (κ3) is 3.43. The van der Waals surface area contributed by atoms with Gasteiger partial charge in [0.05, 0.1) is 0 Å². The minimum Gasteiger partial charge on any atom is -0.0795 e. The Balaban J connectivity index is 2.20. The van der Waals surface area contributed by atoms with E-state index in [0.717, 1.165) is 16.8 Å². The Morgan fingerprint density at radius 3 is 2.15 bits per heavy atom. The summed E-state index contributed by atoms with van der Waals surface area (Å²) in [7, 11) is 0. The van der Waals surface area contributed by atoms with Gasteiger partial charge in [-0.2, -0.15) is 0 Å². The molecule has 0 aliphatic heterocycles. The molecule has 0 radical (unpaired) electrons. The molecule has 0 aliphatic rings. The fourth-order valence-electron chi connectivity index (χ4n) is 2.25. The molecule has 2 rings (SSSR count). The van der Waals surface area contributed by atoms with Crippen molar-refractivity contribution < 1.29 is 0 Å². The molecule has 0 nitrogen and oxygen atoms in total. The van der Waals surface area contributed by atoms with Gasteiger partial charge in [-0.05, 0) is 54.2 Å². The maximum atomic E-state index is 5.50. The molecule has 0 unspecified atom stereocenters. The fourth-order valence-corrected chi connectivity index (χ4v) is 2.45. The van der Waals surface area contributed by atoms with Gasteiger partial charge in [0, 0.05) is 4.86 Å². The lowest BCUT2D eigenvalue weighted by Crippen LogP contribution is -1.93. The van der Waals surface area contributed by atoms with Gasteiger partial charge in [-0.3, -0.25) is 0 Å². The van der Waals surface area contributed by atoms with Gasteiger partial charge >= 0.3 is 0 Å². The highest BCUT2D eigenvalue weighted by Crippen LogP contribution is 2.16. The molecule has 0 bridgehead atoms. The SMILES string of the molecule is CCc1ccc(C(=S)C=Cc2c(C)cccc2C)cc1. The zero-order valence-electron chi connectivity index (χ0n) is 12.3. The summed E-state index contributed by atoms with van der Waals surface area (Å²) >= 11 is 5.50. The van der Waals surface area contributed by atoms with Crippen molar-refractivity contribution in [3.63, 3.8) is 0 Å². The van der Waals surface area contributed by atoms with Crippen molar-refractivity contribution in [1.29, 1.82) is 0 Å². The van der Waals surface area contributed by atoms with Crippen LogP contribution in [0.15, 0.2) is 48.5 Å². The predicted molar refractivity (Wildman–Crippen MR) is 92.5 cm³/mol. The Bertz CT molecular complexity index is 613. The summed E-state index contributed by atoms with van der Waals surface area (Å²) < 4.78 is 0. The van der Waals surface area contributed by atoms with Crippen LogP contribution in [0.1, 0.15) is 34.7 Å². The van der Waals surface area contributed by atoms with Crippen LogP contribution >= 0.6 is 12.2 Å². The average molecular weight is 280 g/mol. The van der Waals surface area contributed by atoms with E-state index < -0.39 is 0 Å². The second-order valence-electron chi connectivity index (χ2n) is 5.05. The molecule has 0 spiro atoms. The lowest BCUT2D eigenvalue weighted by Gasteiger charge is -2.05. The maximum absolute atomic E-state index is 5.50. The van der Waals surface area contributed by atoms with E-state index in [4.69, 9.17) is 12.2 Å². The van der Waals surface area contributed by atoms with Crippen molar-refractivity contribution in [2.24, 2.45) is 0 Å². The molecule has 1 heteroatoms. The topological polar surface area (TPSA) is 0 Å². The molecule has 0 atom stereocenters. The van der Waals surface area contributed by atoms with Crippen molar-refractivity contribution in [3.8, 4) is 0 Å². The van der Waals surface area contributed by atoms with Crippen LogP contribution in [0.3, 0.4) is 0 Å². The Kier molecular flexibility index (Phi) is 4.86. The summed E-state index contributed by atoms with van der Waals surface area (Å²) in [4.78, 5) is 0.885. The number of benzene rings is 2. The third-order valence-electron chi connectivity index (χ3n) is 3.59. The van der Waals surface area contributed by atoms with Crippen molar-refractivity contribution >= 4 is 23.2 Å². The quantitative estimate of drug-likeness (QED) is 0.416. The molecule has 0 heterocycles. The van der Waals surface area contributed by atoms with E-state index in [0.29, 0.717) is 0 Å². The van der Waals surface area contributed by atoms with E-state index >= 15 is 0 Å². The summed E-state index contributed by atoms with van der Waals surface area (Å²) in [5.74, 6) is 0. The number of allylic oxidation sites excluding steroid dienone is 1. The van der Waals surface area contributed by atoms with Gasteiger partial charge in [-0.25, -0.2) is 0 Å². The highest BCUT2D eigenvalue weighted by atomic mass is 32.1. The minimum atomic E-state index is 0.885. The number of aryl methyl sites for hydroxylation is 3. The standard InChI is InChI=1S/C19H20S/c1-4-16-8-10-17(11-9-16)19(20)13-12-18-14(2)6-5-7-15(18)3/h5-13H,4H2,1-3H3. The predicted octanol–water partition coefficient (Wildman–Crippen LogP) is 5.30. The van der Waals surface area contributed by atoms with Crippen LogP contribution in [0, 0.1) is 13.8 Å². The number of rotatable bonds is 4. The van der Waals surface area contributed by atoms with Crippen LogP contribution in [0.2, 0.25) is 0 Å². The molecule has 0 amide bonds. The molecule has 2 aromatic rings. The summed E-state index contributed by atoms with van der Waals surface area (Å²) in [6.07, 6.45) is 5.22. The van der Waals surface area contributed by atoms with Gasteiger partial charge in [0.25, 0.3) is 0 Å². The molecule has 0 fully saturated rings. The first-order chi connectivity index (χ1) is 9.61. The first-order valence-electron chi connectivity index (χ1n) is 6.99. The second kappa shape index (κ2) is 6.62. The minimum absolute atomic E-state index is 0.885. The van der Waals surface area contributed by atoms with Gasteiger partial charge in [0.15, 0.2) is 0 Å². The van der Waals surface area contributed by atoms with Crippen LogP contribution in [-0.2, 0) is 6.42 Å². The van der Waals surface area contributed by atoms with E-state index in [1.807, 2.05) is 6.08 Å². The summed E-state index contributed by atoms with van der Waals surface area (Å²) in [6.45, 7) is 6.42. The molecular weight excluding hydrogens is 260 g/mol. The van der Waals surface area contributed by atoms with Crippen molar-refractivity contribution in [3.05, 3.63) is 76.4 Å². The van der Waals surface area contributed by atoms with Crippen LogP contribution < -0.4 is 0 Å². The molecular formula is C19H20S. The molecule has 102 valence electrons. The van der Waals surface area contributed by atoms with Crippen LogP contribution in [0.4, 0.5) is 0 Å². The lowest BCUT2D eigenvalue weighted by atomic mass is 10.0. The highest BCUT2D eigenvalue weighted by Gasteiger charge is 2.00. The third-order valence-corrected chi connectivity index (χ3v) is 3.96. The normalized spacial score (nSPS) is 10.9. The van der Waals surface area contributed by atoms with Gasteiger partial charge < -0.3 is 0 Å². The van der Waals surface area contributed by atoms with Gasteiger partial charge in [0.2, 0.25) is 0 Å². The first kappa shape index (κ1) is 14.7. The smallest absolute Gasteiger partial charge is 0.0449 e. The number of thiocarbonyl (C=S) groups is 1. The molecule has 0 aliphatic carbocycles. The van der Waals surface area contributed by atoms with E-state index in [1.54, 1.807) is 0 Å². The van der Waals surface area contributed by atoms with E-state index in [-0.39, 0.29) is 0 Å². The van der Waals surface area contributed by atoms with E-state index in [9.17, 15) is 0 Å². The van der Waals surface area contributed by atoms with Crippen molar-refractivity contribution in [2.45, 2.75) is 27.2 Å². The maximum Gasteiger partial charge on any atom is 0.0449 e. The molecule has 0 saturated heterocycles. The van der Waals surface area contributed by atoms with Crippen LogP contribution in [-0.4, -0.2) is 4.86 Å². The monoisotopic (exact) mass is 280 g/mol. The Hall–Kier alpha value is -1.73. The second-order valence-corrected chi connectivity index (χ2v) is 5.49. The highest BCUT2D eigenvalue weighted by molar-refractivity contribution is 7.81. The molecule has 0 saturated carbocycles. The van der Waals surface area contributed by atoms with Gasteiger partial charge in [0.1, 0.15) is 0 Å². The zero-order chi connectivity index (χ0) is 14.5. The van der Waals surface area contributed by atoms with Crippen LogP contribution in [0.25, 0.3) is 6.08 Å². The van der Waals surface area contributed by atoms with E-state index in [1.165, 1.54) is 22.3 Å². The van der Waals surface area contributed by atoms with Crippen molar-refractivity contribution in [1.82, 2.24) is 0 Å². The fraction of sp³-hybridized carbons (Fsp3) is 0.211. The molecule has 0 N–H and O–H groups in total. The molecule has 0 aromatic heterocycles. The average Bonchev–Trinajstić information content (AvgIpc) is 2.46. The molecule has 20 heavy (non-hydrogen) atoms. The molecule has 2 aromatic carbocycles. The van der Waals surface area contributed by atoms with Gasteiger partial charge in [-0.1, -0.05) is 67.7 Å². The summed E-state index contributed by atoms with van der Waals surface area (Å²) in [5, 5.41) is 0. The lowest BCUT2D eigenvalue weighted by molar-refractivity contribution is 1.14. The van der Waals surface area contributed by atoms with Gasteiger partial charge in [-0.15, -0.1) is 0 Å². The Morgan fingerprint density at radius 2 is 1.60 bits per heavy atom. The largest absolute Gasteiger partial charge is 0.0795 e. The van der Waals surface area contributed by atoms with E-state index in [2.05, 4.69) is 69.3 Å². The number of hydrogen-bond donors (Lipinski definition) is 0. The summed E-state index contributed by atoms with van der Waals surface area (Å²) in [5.41, 5.74) is 6.28. The Morgan fingerprint density at radius 1 is 1.00 bits per heavy atom. The zero-order valence-corrected chi connectivity index (χ0v) is 13.1. The summed E-state index contributed by atoms with van der Waals surface area (Å²) in [6, 6.07) is 14.9. The van der Waals surface area contributed by atoms with Crippen LogP contribution in [0.5, 0.6) is 0 Å². The number of hydrogen-bond acceptors (Lipinski definition) is 1. The Labute approximate surface area is 127 Å². The first-order valence-corrected chi connectivity index (χ1v) is 7.40.